The summed E-state index contributed by atoms with van der Waals surface area (Å²) in [5.41, 5.74) is 6.50. The molecule has 0 spiro atoms. The van der Waals surface area contributed by atoms with Gasteiger partial charge < -0.3 is 10.5 Å². The SMILES string of the molecule is CCOc1ccc(/C=C2/SC(=O)N(CC(C)N)C2=O)cc1. The molecule has 0 bridgehead atoms. The Bertz CT molecular complexity index is 567. The van der Waals surface area contributed by atoms with Crippen molar-refractivity contribution in [2.45, 2.75) is 19.9 Å². The van der Waals surface area contributed by atoms with Gasteiger partial charge >= 0.3 is 0 Å². The van der Waals surface area contributed by atoms with Crippen LogP contribution in [0.15, 0.2) is 29.2 Å². The van der Waals surface area contributed by atoms with Crippen molar-refractivity contribution < 1.29 is 14.3 Å². The molecule has 1 aliphatic rings. The Balaban J connectivity index is 2.14. The smallest absolute Gasteiger partial charge is 0.293 e. The van der Waals surface area contributed by atoms with Gasteiger partial charge in [-0.05, 0) is 49.4 Å². The minimum Gasteiger partial charge on any atom is -0.494 e. The predicted octanol–water partition coefficient (Wildman–Crippen LogP) is 2.47. The maximum atomic E-state index is 12.2. The van der Waals surface area contributed by atoms with E-state index in [9.17, 15) is 9.59 Å². The van der Waals surface area contributed by atoms with Gasteiger partial charge in [0.15, 0.2) is 0 Å². The van der Waals surface area contributed by atoms with Gasteiger partial charge in [-0.2, -0.15) is 0 Å². The van der Waals surface area contributed by atoms with Crippen LogP contribution in [0.3, 0.4) is 0 Å². The van der Waals surface area contributed by atoms with Crippen molar-refractivity contribution in [2.24, 2.45) is 5.73 Å². The summed E-state index contributed by atoms with van der Waals surface area (Å²) in [7, 11) is 0. The molecule has 21 heavy (non-hydrogen) atoms. The van der Waals surface area contributed by atoms with Crippen molar-refractivity contribution in [2.75, 3.05) is 13.2 Å². The minimum absolute atomic E-state index is 0.233. The van der Waals surface area contributed by atoms with E-state index in [4.69, 9.17) is 10.5 Å². The lowest BCUT2D eigenvalue weighted by molar-refractivity contribution is -0.122. The van der Waals surface area contributed by atoms with Gasteiger partial charge in [0, 0.05) is 12.6 Å². The van der Waals surface area contributed by atoms with Crippen molar-refractivity contribution in [1.29, 1.82) is 0 Å². The number of carbonyl (C=O) groups excluding carboxylic acids is 2. The Labute approximate surface area is 128 Å². The van der Waals surface area contributed by atoms with E-state index in [-0.39, 0.29) is 23.7 Å². The minimum atomic E-state index is -0.281. The lowest BCUT2D eigenvalue weighted by atomic mass is 10.2. The van der Waals surface area contributed by atoms with Gasteiger partial charge in [0.25, 0.3) is 11.1 Å². The first-order valence-corrected chi connectivity index (χ1v) is 7.56. The Morgan fingerprint density at radius 1 is 1.33 bits per heavy atom. The number of carbonyl (C=O) groups is 2. The first kappa shape index (κ1) is 15.6. The van der Waals surface area contributed by atoms with Crippen molar-refractivity contribution in [3.05, 3.63) is 34.7 Å². The van der Waals surface area contributed by atoms with E-state index in [0.717, 1.165) is 23.1 Å². The van der Waals surface area contributed by atoms with Crippen LogP contribution >= 0.6 is 11.8 Å². The van der Waals surface area contributed by atoms with Crippen molar-refractivity contribution in [3.63, 3.8) is 0 Å². The number of nitrogens with zero attached hydrogens (tertiary/aromatic N) is 1. The number of amides is 2. The number of hydrogen-bond acceptors (Lipinski definition) is 5. The largest absolute Gasteiger partial charge is 0.494 e. The normalized spacial score (nSPS) is 18.4. The molecule has 2 amide bonds. The zero-order chi connectivity index (χ0) is 15.4. The topological polar surface area (TPSA) is 72.6 Å². The Kier molecular flexibility index (Phi) is 5.03. The molecule has 5 nitrogen and oxygen atoms in total. The van der Waals surface area contributed by atoms with E-state index in [0.29, 0.717) is 11.5 Å². The quantitative estimate of drug-likeness (QED) is 0.846. The van der Waals surface area contributed by atoms with Gasteiger partial charge in [0.1, 0.15) is 5.75 Å². The van der Waals surface area contributed by atoms with Crippen molar-refractivity contribution in [1.82, 2.24) is 4.90 Å². The van der Waals surface area contributed by atoms with Crippen LogP contribution in [0.5, 0.6) is 5.75 Å². The Morgan fingerprint density at radius 2 is 2.00 bits per heavy atom. The molecule has 1 unspecified atom stereocenters. The van der Waals surface area contributed by atoms with Gasteiger partial charge in [0.05, 0.1) is 11.5 Å². The molecule has 1 aromatic rings. The van der Waals surface area contributed by atoms with E-state index in [2.05, 4.69) is 0 Å². The monoisotopic (exact) mass is 306 g/mol. The molecule has 1 aliphatic heterocycles. The summed E-state index contributed by atoms with van der Waals surface area (Å²) in [6.45, 7) is 4.53. The van der Waals surface area contributed by atoms with Gasteiger partial charge in [-0.1, -0.05) is 12.1 Å². The zero-order valence-corrected chi connectivity index (χ0v) is 12.9. The molecule has 112 valence electrons. The average molecular weight is 306 g/mol. The maximum absolute atomic E-state index is 12.2. The number of imide groups is 1. The summed E-state index contributed by atoms with van der Waals surface area (Å²) >= 11 is 0.945. The van der Waals surface area contributed by atoms with Crippen LogP contribution in [0.4, 0.5) is 4.79 Å². The molecule has 0 aromatic heterocycles. The van der Waals surface area contributed by atoms with Crippen LogP contribution < -0.4 is 10.5 Å². The van der Waals surface area contributed by atoms with Crippen LogP contribution in [0.2, 0.25) is 0 Å². The highest BCUT2D eigenvalue weighted by molar-refractivity contribution is 8.18. The van der Waals surface area contributed by atoms with Gasteiger partial charge in [0.2, 0.25) is 0 Å². The Morgan fingerprint density at radius 3 is 2.57 bits per heavy atom. The molecule has 1 aromatic carbocycles. The second-order valence-electron chi connectivity index (χ2n) is 4.77. The third-order valence-electron chi connectivity index (χ3n) is 2.83. The summed E-state index contributed by atoms with van der Waals surface area (Å²) in [5, 5.41) is -0.269. The fourth-order valence-corrected chi connectivity index (χ4v) is 2.77. The summed E-state index contributed by atoms with van der Waals surface area (Å²) in [4.78, 5) is 25.6. The molecular weight excluding hydrogens is 288 g/mol. The van der Waals surface area contributed by atoms with E-state index in [1.807, 2.05) is 31.2 Å². The van der Waals surface area contributed by atoms with Crippen LogP contribution in [0.1, 0.15) is 19.4 Å². The van der Waals surface area contributed by atoms with Gasteiger partial charge in [-0.25, -0.2) is 0 Å². The first-order chi connectivity index (χ1) is 10.0. The molecule has 1 fully saturated rings. The molecule has 1 heterocycles. The number of ether oxygens (including phenoxy) is 1. The highest BCUT2D eigenvalue weighted by atomic mass is 32.2. The predicted molar refractivity (Wildman–Crippen MR) is 83.9 cm³/mol. The average Bonchev–Trinajstić information content (AvgIpc) is 2.69. The number of thioether (sulfide) groups is 1. The van der Waals surface area contributed by atoms with Crippen molar-refractivity contribution in [3.8, 4) is 5.75 Å². The highest BCUT2D eigenvalue weighted by Gasteiger charge is 2.35. The van der Waals surface area contributed by atoms with Crippen LogP contribution in [-0.2, 0) is 4.79 Å². The fraction of sp³-hybridized carbons (Fsp3) is 0.333. The van der Waals surface area contributed by atoms with E-state index in [1.54, 1.807) is 13.0 Å². The maximum Gasteiger partial charge on any atom is 0.293 e. The lowest BCUT2D eigenvalue weighted by Crippen LogP contribution is -2.38. The van der Waals surface area contributed by atoms with Crippen LogP contribution in [0.25, 0.3) is 6.08 Å². The number of nitrogens with two attached hydrogens (primary N) is 1. The summed E-state index contributed by atoms with van der Waals surface area (Å²) < 4.78 is 5.36. The molecule has 1 saturated heterocycles. The second kappa shape index (κ2) is 6.78. The fourth-order valence-electron chi connectivity index (χ4n) is 1.92. The van der Waals surface area contributed by atoms with E-state index < -0.39 is 0 Å². The second-order valence-corrected chi connectivity index (χ2v) is 5.76. The van der Waals surface area contributed by atoms with Crippen LogP contribution in [-0.4, -0.2) is 35.2 Å². The van der Waals surface area contributed by atoms with E-state index in [1.165, 1.54) is 4.90 Å². The number of hydrogen-bond donors (Lipinski definition) is 1. The molecule has 6 heteroatoms. The third-order valence-corrected chi connectivity index (χ3v) is 3.74. The Hall–Kier alpha value is -1.79. The molecule has 0 radical (unpaired) electrons. The first-order valence-electron chi connectivity index (χ1n) is 6.75. The molecule has 2 rings (SSSR count). The summed E-state index contributed by atoms with van der Waals surface area (Å²) in [6, 6.07) is 7.14. The lowest BCUT2D eigenvalue weighted by Gasteiger charge is -2.14. The number of benzene rings is 1. The molecule has 0 aliphatic carbocycles. The van der Waals surface area contributed by atoms with E-state index >= 15 is 0 Å². The third kappa shape index (κ3) is 3.86. The summed E-state index contributed by atoms with van der Waals surface area (Å²) in [6.07, 6.45) is 1.71. The highest BCUT2D eigenvalue weighted by Crippen LogP contribution is 2.32. The molecule has 2 N–H and O–H groups in total. The summed E-state index contributed by atoms with van der Waals surface area (Å²) in [5.74, 6) is 0.496. The zero-order valence-electron chi connectivity index (χ0n) is 12.0. The van der Waals surface area contributed by atoms with Crippen LogP contribution in [0, 0.1) is 0 Å². The molecule has 1 atom stereocenters. The molecular formula is C15H18N2O3S. The molecule has 0 saturated carbocycles. The van der Waals surface area contributed by atoms with Gasteiger partial charge in [-0.3, -0.25) is 14.5 Å². The number of rotatable bonds is 5. The standard InChI is InChI=1S/C15H18N2O3S/c1-3-20-12-6-4-11(5-7-12)8-13-14(18)17(9-10(2)16)15(19)21-13/h4-8,10H,3,9,16H2,1-2H3/b13-8+. The van der Waals surface area contributed by atoms with Crippen molar-refractivity contribution >= 4 is 29.0 Å². The van der Waals surface area contributed by atoms with Gasteiger partial charge in [-0.15, -0.1) is 0 Å².